The Labute approximate surface area is 150 Å². The molecule has 0 saturated heterocycles. The van der Waals surface area contributed by atoms with E-state index in [0.29, 0.717) is 16.9 Å². The molecule has 9 heteroatoms. The Morgan fingerprint density at radius 2 is 1.78 bits per heavy atom. The van der Waals surface area contributed by atoms with Crippen molar-refractivity contribution in [3.8, 4) is 17.0 Å². The first-order valence-corrected chi connectivity index (χ1v) is 7.63. The fourth-order valence-electron chi connectivity index (χ4n) is 2.27. The Balaban J connectivity index is 1.73. The molecule has 3 rings (SSSR count). The molecule has 2 aromatic carbocycles. The lowest BCUT2D eigenvalue weighted by atomic mass is 10.1. The van der Waals surface area contributed by atoms with Gasteiger partial charge in [-0.3, -0.25) is 9.59 Å². The predicted octanol–water partition coefficient (Wildman–Crippen LogP) is 3.59. The van der Waals surface area contributed by atoms with Gasteiger partial charge >= 0.3 is 6.36 Å². The van der Waals surface area contributed by atoms with Crippen molar-refractivity contribution < 1.29 is 22.7 Å². The molecule has 2 N–H and O–H groups in total. The highest BCUT2D eigenvalue weighted by Crippen LogP contribution is 2.24. The number of alkyl halides is 3. The first-order chi connectivity index (χ1) is 12.8. The second kappa shape index (κ2) is 7.32. The number of carbonyl (C=O) groups excluding carboxylic acids is 1. The molecule has 3 aromatic rings. The molecule has 0 atom stereocenters. The van der Waals surface area contributed by atoms with E-state index < -0.39 is 18.0 Å². The third-order valence-electron chi connectivity index (χ3n) is 3.45. The zero-order valence-corrected chi connectivity index (χ0v) is 13.6. The Morgan fingerprint density at radius 1 is 1.04 bits per heavy atom. The summed E-state index contributed by atoms with van der Waals surface area (Å²) in [4.78, 5) is 23.3. The molecule has 1 heterocycles. The van der Waals surface area contributed by atoms with Crippen molar-refractivity contribution in [2.45, 2.75) is 6.36 Å². The third-order valence-corrected chi connectivity index (χ3v) is 3.45. The van der Waals surface area contributed by atoms with Crippen molar-refractivity contribution in [3.05, 3.63) is 76.6 Å². The summed E-state index contributed by atoms with van der Waals surface area (Å²) in [5, 5.41) is 8.88. The van der Waals surface area contributed by atoms with Gasteiger partial charge in [-0.25, -0.2) is 5.10 Å². The van der Waals surface area contributed by atoms with Gasteiger partial charge in [0.25, 0.3) is 11.5 Å². The number of amides is 1. The van der Waals surface area contributed by atoms with Gasteiger partial charge in [0.1, 0.15) is 5.75 Å². The number of hydrogen-bond acceptors (Lipinski definition) is 4. The highest BCUT2D eigenvalue weighted by Gasteiger charge is 2.31. The minimum absolute atomic E-state index is 0.164. The van der Waals surface area contributed by atoms with Crippen LogP contribution < -0.4 is 15.6 Å². The Kier molecular flexibility index (Phi) is 4.93. The summed E-state index contributed by atoms with van der Waals surface area (Å²) in [5.74, 6) is -0.912. The predicted molar refractivity (Wildman–Crippen MR) is 91.4 cm³/mol. The van der Waals surface area contributed by atoms with Crippen LogP contribution in [0, 0.1) is 0 Å². The molecule has 0 saturated carbocycles. The van der Waals surface area contributed by atoms with E-state index in [2.05, 4.69) is 20.3 Å². The highest BCUT2D eigenvalue weighted by molar-refractivity contribution is 6.04. The second-order valence-electron chi connectivity index (χ2n) is 5.41. The number of carbonyl (C=O) groups is 1. The summed E-state index contributed by atoms with van der Waals surface area (Å²) in [6.07, 6.45) is -4.79. The molecule has 0 aliphatic heterocycles. The number of aromatic nitrogens is 2. The van der Waals surface area contributed by atoms with E-state index in [1.807, 2.05) is 0 Å². The average Bonchev–Trinajstić information content (AvgIpc) is 2.62. The van der Waals surface area contributed by atoms with Gasteiger partial charge < -0.3 is 10.1 Å². The van der Waals surface area contributed by atoms with Crippen LogP contribution in [0.1, 0.15) is 10.4 Å². The highest BCUT2D eigenvalue weighted by atomic mass is 19.4. The van der Waals surface area contributed by atoms with Crippen molar-refractivity contribution in [1.82, 2.24) is 10.2 Å². The molecule has 0 spiro atoms. The van der Waals surface area contributed by atoms with Gasteiger partial charge in [0, 0.05) is 22.9 Å². The number of ether oxygens (including phenoxy) is 1. The molecule has 27 heavy (non-hydrogen) atoms. The van der Waals surface area contributed by atoms with E-state index in [9.17, 15) is 22.8 Å². The minimum Gasteiger partial charge on any atom is -0.406 e. The Hall–Kier alpha value is -3.62. The topological polar surface area (TPSA) is 84.1 Å². The second-order valence-corrected chi connectivity index (χ2v) is 5.41. The molecule has 0 aliphatic carbocycles. The van der Waals surface area contributed by atoms with E-state index in [4.69, 9.17) is 0 Å². The number of anilines is 1. The molecular formula is C18H12F3N3O3. The average molecular weight is 375 g/mol. The van der Waals surface area contributed by atoms with Crippen LogP contribution in [0.3, 0.4) is 0 Å². The lowest BCUT2D eigenvalue weighted by Crippen LogP contribution is -2.17. The van der Waals surface area contributed by atoms with Crippen molar-refractivity contribution in [1.29, 1.82) is 0 Å². The number of hydrogen-bond donors (Lipinski definition) is 2. The molecule has 0 unspecified atom stereocenters. The number of rotatable bonds is 4. The summed E-state index contributed by atoms with van der Waals surface area (Å²) >= 11 is 0. The molecule has 138 valence electrons. The molecule has 1 aromatic heterocycles. The summed E-state index contributed by atoms with van der Waals surface area (Å²) in [6, 6.07) is 14.2. The molecule has 6 nitrogen and oxygen atoms in total. The fraction of sp³-hybridized carbons (Fsp3) is 0.0556. The first-order valence-electron chi connectivity index (χ1n) is 7.63. The van der Waals surface area contributed by atoms with Crippen molar-refractivity contribution >= 4 is 11.6 Å². The van der Waals surface area contributed by atoms with E-state index in [1.54, 1.807) is 30.3 Å². The molecular weight excluding hydrogens is 363 g/mol. The number of halogens is 3. The van der Waals surface area contributed by atoms with Gasteiger partial charge in [0.05, 0.1) is 5.69 Å². The molecule has 1 amide bonds. The lowest BCUT2D eigenvalue weighted by Gasteiger charge is -2.10. The van der Waals surface area contributed by atoms with E-state index in [0.717, 1.165) is 12.1 Å². The van der Waals surface area contributed by atoms with Crippen LogP contribution in [0.5, 0.6) is 5.75 Å². The maximum atomic E-state index is 12.3. The Bertz CT molecular complexity index is 994. The SMILES string of the molecule is O=C(Nc1cccc(-c2ccc(=O)[nH]n2)c1)c1ccc(OC(F)(F)F)cc1. The normalized spacial score (nSPS) is 11.1. The monoisotopic (exact) mass is 375 g/mol. The maximum absolute atomic E-state index is 12.3. The quantitative estimate of drug-likeness (QED) is 0.730. The smallest absolute Gasteiger partial charge is 0.406 e. The lowest BCUT2D eigenvalue weighted by molar-refractivity contribution is -0.274. The Morgan fingerprint density at radius 3 is 2.41 bits per heavy atom. The van der Waals surface area contributed by atoms with Crippen LogP contribution in [-0.4, -0.2) is 22.5 Å². The van der Waals surface area contributed by atoms with Gasteiger partial charge in [-0.1, -0.05) is 12.1 Å². The van der Waals surface area contributed by atoms with Crippen LogP contribution in [0.4, 0.5) is 18.9 Å². The van der Waals surface area contributed by atoms with Crippen LogP contribution in [0.25, 0.3) is 11.3 Å². The van der Waals surface area contributed by atoms with E-state index in [1.165, 1.54) is 18.2 Å². The van der Waals surface area contributed by atoms with Crippen LogP contribution in [0.15, 0.2) is 65.5 Å². The van der Waals surface area contributed by atoms with Crippen molar-refractivity contribution in [3.63, 3.8) is 0 Å². The van der Waals surface area contributed by atoms with Crippen LogP contribution in [0.2, 0.25) is 0 Å². The first kappa shape index (κ1) is 18.2. The number of aromatic amines is 1. The minimum atomic E-state index is -4.79. The van der Waals surface area contributed by atoms with E-state index >= 15 is 0 Å². The van der Waals surface area contributed by atoms with Crippen molar-refractivity contribution in [2.24, 2.45) is 0 Å². The van der Waals surface area contributed by atoms with Gasteiger partial charge in [-0.05, 0) is 42.5 Å². The van der Waals surface area contributed by atoms with Gasteiger partial charge in [-0.2, -0.15) is 5.10 Å². The van der Waals surface area contributed by atoms with E-state index in [-0.39, 0.29) is 11.1 Å². The van der Waals surface area contributed by atoms with Gasteiger partial charge in [-0.15, -0.1) is 13.2 Å². The van der Waals surface area contributed by atoms with Crippen molar-refractivity contribution in [2.75, 3.05) is 5.32 Å². The largest absolute Gasteiger partial charge is 0.573 e. The maximum Gasteiger partial charge on any atom is 0.573 e. The van der Waals surface area contributed by atoms with Crippen LogP contribution in [-0.2, 0) is 0 Å². The van der Waals surface area contributed by atoms with Gasteiger partial charge in [0.15, 0.2) is 0 Å². The summed E-state index contributed by atoms with van der Waals surface area (Å²) < 4.78 is 40.2. The van der Waals surface area contributed by atoms with Gasteiger partial charge in [0.2, 0.25) is 0 Å². The number of nitrogens with one attached hydrogen (secondary N) is 2. The molecule has 0 bridgehead atoms. The summed E-state index contributed by atoms with van der Waals surface area (Å²) in [5.41, 5.74) is 1.47. The number of H-pyrrole nitrogens is 1. The number of benzene rings is 2. The fourth-order valence-corrected chi connectivity index (χ4v) is 2.27. The molecule has 0 fully saturated rings. The standard InChI is InChI=1S/C18H12F3N3O3/c19-18(20,21)27-14-6-4-11(5-7-14)17(26)22-13-3-1-2-12(10-13)15-8-9-16(25)24-23-15/h1-10H,(H,22,26)(H,24,25). The zero-order valence-electron chi connectivity index (χ0n) is 13.6. The summed E-state index contributed by atoms with van der Waals surface area (Å²) in [7, 11) is 0. The van der Waals surface area contributed by atoms with Crippen LogP contribution >= 0.6 is 0 Å². The zero-order chi connectivity index (χ0) is 19.4. The third kappa shape index (κ3) is 4.94. The summed E-state index contributed by atoms with van der Waals surface area (Å²) in [6.45, 7) is 0. The molecule has 0 radical (unpaired) electrons. The number of nitrogens with zero attached hydrogens (tertiary/aromatic N) is 1. The molecule has 0 aliphatic rings.